The summed E-state index contributed by atoms with van der Waals surface area (Å²) in [6.45, 7) is 1.58. The summed E-state index contributed by atoms with van der Waals surface area (Å²) in [5, 5.41) is 41.2. The first-order valence-corrected chi connectivity index (χ1v) is 9.89. The quantitative estimate of drug-likeness (QED) is 0.376. The first-order chi connectivity index (χ1) is 14.7. The number of aliphatic hydroxyl groups is 3. The third kappa shape index (κ3) is 3.86. The molecule has 0 radical (unpaired) electrons. The van der Waals surface area contributed by atoms with Crippen LogP contribution in [0, 0.1) is 0 Å². The van der Waals surface area contributed by atoms with Gasteiger partial charge in [0.05, 0.1) is 5.92 Å². The number of benzene rings is 2. The van der Waals surface area contributed by atoms with Crippen LogP contribution in [-0.2, 0) is 19.1 Å². The normalized spacial score (nSPS) is 27.3. The summed E-state index contributed by atoms with van der Waals surface area (Å²) in [6.07, 6.45) is -9.10. The zero-order valence-electron chi connectivity index (χ0n) is 16.2. The lowest BCUT2D eigenvalue weighted by atomic mass is 9.98. The Morgan fingerprint density at radius 1 is 1.03 bits per heavy atom. The van der Waals surface area contributed by atoms with Crippen molar-refractivity contribution in [1.82, 2.24) is 4.98 Å². The van der Waals surface area contributed by atoms with Gasteiger partial charge in [-0.15, -0.1) is 0 Å². The first kappa shape index (κ1) is 21.5. The molecule has 2 aromatic carbocycles. The van der Waals surface area contributed by atoms with Gasteiger partial charge in [-0.1, -0.05) is 23.7 Å². The maximum Gasteiger partial charge on any atom is 0.335 e. The second-order valence-corrected chi connectivity index (χ2v) is 7.95. The molecule has 0 saturated carbocycles. The molecule has 31 heavy (non-hydrogen) atoms. The molecule has 10 heteroatoms. The lowest BCUT2D eigenvalue weighted by molar-refractivity contribution is -0.286. The van der Waals surface area contributed by atoms with Gasteiger partial charge in [0.25, 0.3) is 0 Å². The summed E-state index contributed by atoms with van der Waals surface area (Å²) < 4.78 is 10.1. The Balaban J connectivity index is 1.55. The second kappa shape index (κ2) is 8.10. The Bertz CT molecular complexity index is 1160. The van der Waals surface area contributed by atoms with E-state index in [2.05, 4.69) is 4.98 Å². The summed E-state index contributed by atoms with van der Waals surface area (Å²) in [6, 6.07) is 10.8. The summed E-state index contributed by atoms with van der Waals surface area (Å²) in [7, 11) is 0. The van der Waals surface area contributed by atoms with Crippen molar-refractivity contribution < 1.29 is 39.5 Å². The van der Waals surface area contributed by atoms with Crippen molar-refractivity contribution in [2.24, 2.45) is 0 Å². The van der Waals surface area contributed by atoms with Crippen molar-refractivity contribution in [1.29, 1.82) is 0 Å². The third-order valence-corrected chi connectivity index (χ3v) is 5.72. The number of aromatic nitrogens is 1. The third-order valence-electron chi connectivity index (χ3n) is 5.48. The molecule has 1 unspecified atom stereocenters. The van der Waals surface area contributed by atoms with Crippen LogP contribution in [0.4, 0.5) is 0 Å². The van der Waals surface area contributed by atoms with Gasteiger partial charge in [-0.05, 0) is 36.8 Å². The number of hydrogen-bond donors (Lipinski definition) is 5. The van der Waals surface area contributed by atoms with Gasteiger partial charge in [-0.2, -0.15) is 0 Å². The van der Waals surface area contributed by atoms with Gasteiger partial charge in [0.15, 0.2) is 6.10 Å². The SMILES string of the molecule is CC(C(=O)O[C@@H]1O[C@H](C(=O)O)[C@@H](O)[C@H](O)[C@H]1O)c1ccc2c(c1)[nH]c1ccc(Cl)cc12. The van der Waals surface area contributed by atoms with Crippen molar-refractivity contribution in [3.63, 3.8) is 0 Å². The summed E-state index contributed by atoms with van der Waals surface area (Å²) >= 11 is 6.08. The first-order valence-electron chi connectivity index (χ1n) is 9.51. The molecule has 1 saturated heterocycles. The zero-order valence-corrected chi connectivity index (χ0v) is 17.0. The van der Waals surface area contributed by atoms with Gasteiger partial charge < -0.3 is 34.9 Å². The summed E-state index contributed by atoms with van der Waals surface area (Å²) in [5.41, 5.74) is 2.28. The van der Waals surface area contributed by atoms with E-state index in [1.165, 1.54) is 0 Å². The van der Waals surface area contributed by atoms with Gasteiger partial charge >= 0.3 is 11.9 Å². The van der Waals surface area contributed by atoms with Gasteiger partial charge in [0.1, 0.15) is 18.3 Å². The van der Waals surface area contributed by atoms with E-state index >= 15 is 0 Å². The number of H-pyrrole nitrogens is 1. The minimum absolute atomic E-state index is 0.604. The van der Waals surface area contributed by atoms with Crippen LogP contribution in [-0.4, -0.2) is 68.1 Å². The number of carbonyl (C=O) groups is 2. The minimum Gasteiger partial charge on any atom is -0.479 e. The molecule has 1 aromatic heterocycles. The van der Waals surface area contributed by atoms with Crippen LogP contribution in [0.2, 0.25) is 5.02 Å². The molecule has 1 aliphatic rings. The molecule has 4 rings (SSSR count). The molecule has 1 fully saturated rings. The highest BCUT2D eigenvalue weighted by molar-refractivity contribution is 6.31. The number of fused-ring (bicyclic) bond motifs is 3. The Hall–Kier alpha value is -2.69. The molecule has 0 bridgehead atoms. The molecule has 0 spiro atoms. The van der Waals surface area contributed by atoms with E-state index in [-0.39, 0.29) is 0 Å². The second-order valence-electron chi connectivity index (χ2n) is 7.51. The lowest BCUT2D eigenvalue weighted by Gasteiger charge is -2.38. The van der Waals surface area contributed by atoms with Crippen LogP contribution >= 0.6 is 11.6 Å². The fourth-order valence-corrected chi connectivity index (χ4v) is 3.84. The van der Waals surface area contributed by atoms with Gasteiger partial charge in [0, 0.05) is 26.8 Å². The summed E-state index contributed by atoms with van der Waals surface area (Å²) in [4.78, 5) is 27.1. The highest BCUT2D eigenvalue weighted by Crippen LogP contribution is 2.31. The number of halogens is 1. The number of aromatic amines is 1. The lowest BCUT2D eigenvalue weighted by Crippen LogP contribution is -2.60. The molecule has 2 heterocycles. The van der Waals surface area contributed by atoms with Crippen LogP contribution in [0.3, 0.4) is 0 Å². The molecular weight excluding hydrogens is 430 g/mol. The van der Waals surface area contributed by atoms with E-state index in [0.717, 1.165) is 21.8 Å². The van der Waals surface area contributed by atoms with E-state index in [9.17, 15) is 24.9 Å². The van der Waals surface area contributed by atoms with Gasteiger partial charge in [-0.3, -0.25) is 4.79 Å². The smallest absolute Gasteiger partial charge is 0.335 e. The van der Waals surface area contributed by atoms with Crippen molar-refractivity contribution in [3.05, 3.63) is 47.0 Å². The number of aliphatic carboxylic acids is 1. The molecular formula is C21H20ClNO8. The van der Waals surface area contributed by atoms with Crippen molar-refractivity contribution in [2.75, 3.05) is 0 Å². The molecule has 9 nitrogen and oxygen atoms in total. The topological polar surface area (TPSA) is 149 Å². The molecule has 6 atom stereocenters. The number of ether oxygens (including phenoxy) is 2. The van der Waals surface area contributed by atoms with E-state index in [1.54, 1.807) is 25.1 Å². The Morgan fingerprint density at radius 3 is 2.48 bits per heavy atom. The predicted octanol–water partition coefficient (Wildman–Crippen LogP) is 1.51. The zero-order chi connectivity index (χ0) is 22.4. The monoisotopic (exact) mass is 449 g/mol. The van der Waals surface area contributed by atoms with E-state index in [0.29, 0.717) is 10.6 Å². The largest absolute Gasteiger partial charge is 0.479 e. The van der Waals surface area contributed by atoms with E-state index < -0.39 is 48.6 Å². The molecule has 164 valence electrons. The number of carboxylic acid groups (broad SMARTS) is 1. The van der Waals surface area contributed by atoms with Crippen molar-refractivity contribution >= 4 is 45.3 Å². The van der Waals surface area contributed by atoms with Crippen LogP contribution in [0.1, 0.15) is 18.4 Å². The van der Waals surface area contributed by atoms with E-state index in [1.807, 2.05) is 18.2 Å². The van der Waals surface area contributed by atoms with Crippen LogP contribution < -0.4 is 0 Å². The molecule has 5 N–H and O–H groups in total. The maximum absolute atomic E-state index is 12.6. The molecule has 1 aliphatic heterocycles. The number of carboxylic acids is 1. The summed E-state index contributed by atoms with van der Waals surface area (Å²) in [5.74, 6) is -3.14. The number of nitrogens with one attached hydrogen (secondary N) is 1. The Kier molecular flexibility index (Phi) is 5.63. The van der Waals surface area contributed by atoms with Crippen molar-refractivity contribution in [2.45, 2.75) is 43.5 Å². The fourth-order valence-electron chi connectivity index (χ4n) is 3.66. The predicted molar refractivity (Wildman–Crippen MR) is 110 cm³/mol. The number of aliphatic hydroxyl groups excluding tert-OH is 3. The van der Waals surface area contributed by atoms with Crippen LogP contribution in [0.5, 0.6) is 0 Å². The number of esters is 1. The average Bonchev–Trinajstić information content (AvgIpc) is 3.10. The van der Waals surface area contributed by atoms with Crippen LogP contribution in [0.25, 0.3) is 21.8 Å². The minimum atomic E-state index is -1.86. The number of hydrogen-bond acceptors (Lipinski definition) is 7. The average molecular weight is 450 g/mol. The highest BCUT2D eigenvalue weighted by atomic mass is 35.5. The van der Waals surface area contributed by atoms with E-state index in [4.69, 9.17) is 26.2 Å². The Labute approximate surface area is 180 Å². The van der Waals surface area contributed by atoms with Crippen molar-refractivity contribution in [3.8, 4) is 0 Å². The molecule has 3 aromatic rings. The van der Waals surface area contributed by atoms with Gasteiger partial charge in [-0.25, -0.2) is 4.79 Å². The van der Waals surface area contributed by atoms with Crippen LogP contribution in [0.15, 0.2) is 36.4 Å². The van der Waals surface area contributed by atoms with Gasteiger partial charge in [0.2, 0.25) is 6.29 Å². The molecule has 0 amide bonds. The fraction of sp³-hybridized carbons (Fsp3) is 0.333. The number of carbonyl (C=O) groups excluding carboxylic acids is 1. The maximum atomic E-state index is 12.6. The number of rotatable bonds is 4. The standard InChI is InChI=1S/C21H20ClNO8/c1-8(20(29)31-21-17(26)15(24)16(25)18(30-21)19(27)28)9-2-4-11-12-7-10(22)3-5-13(12)23-14(11)6-9/h2-8,15-18,21,23-26H,1H3,(H,27,28)/t8?,15-,16-,17+,18-,21-/m0/s1. The Morgan fingerprint density at radius 2 is 1.77 bits per heavy atom. The highest BCUT2D eigenvalue weighted by Gasteiger charge is 2.48. The molecule has 0 aliphatic carbocycles.